The van der Waals surface area contributed by atoms with E-state index in [9.17, 15) is 0 Å². The Balaban J connectivity index is 1.79. The molecule has 1 aromatic carbocycles. The Labute approximate surface area is 129 Å². The summed E-state index contributed by atoms with van der Waals surface area (Å²) in [5.41, 5.74) is 1.93. The van der Waals surface area contributed by atoms with E-state index in [2.05, 4.69) is 49.8 Å². The summed E-state index contributed by atoms with van der Waals surface area (Å²) >= 11 is 5.21. The minimum atomic E-state index is 0.240. The normalized spacial score (nSPS) is 12.3. The molecule has 0 radical (unpaired) electrons. The average molecular weight is 350 g/mol. The monoisotopic (exact) mass is 349 g/mol. The first kappa shape index (κ1) is 13.3. The van der Waals surface area contributed by atoms with Crippen molar-refractivity contribution in [2.75, 3.05) is 5.32 Å². The maximum atomic E-state index is 5.21. The summed E-state index contributed by atoms with van der Waals surface area (Å²) in [7, 11) is 0. The highest BCUT2D eigenvalue weighted by atomic mass is 79.9. The zero-order valence-corrected chi connectivity index (χ0v) is 13.1. The van der Waals surface area contributed by atoms with Crippen molar-refractivity contribution >= 4 is 33.0 Å². The molecule has 0 bridgehead atoms. The highest BCUT2D eigenvalue weighted by Crippen LogP contribution is 2.29. The van der Waals surface area contributed by atoms with Crippen LogP contribution in [0.15, 0.2) is 51.0 Å². The number of thiophene rings is 1. The zero-order valence-electron chi connectivity index (χ0n) is 10.7. The Morgan fingerprint density at radius 1 is 1.35 bits per heavy atom. The van der Waals surface area contributed by atoms with Crippen LogP contribution in [0.2, 0.25) is 0 Å². The Bertz CT molecular complexity index is 696. The van der Waals surface area contributed by atoms with Gasteiger partial charge in [-0.3, -0.25) is 0 Å². The molecule has 0 saturated carbocycles. The van der Waals surface area contributed by atoms with Gasteiger partial charge in [0, 0.05) is 26.0 Å². The summed E-state index contributed by atoms with van der Waals surface area (Å²) in [5, 5.41) is 13.2. The predicted octanol–water partition coefficient (Wildman–Crippen LogP) is 4.73. The van der Waals surface area contributed by atoms with E-state index in [4.69, 9.17) is 4.42 Å². The second kappa shape index (κ2) is 5.76. The summed E-state index contributed by atoms with van der Waals surface area (Å²) in [6.45, 7) is 2.14. The highest BCUT2D eigenvalue weighted by Gasteiger charge is 2.09. The maximum absolute atomic E-state index is 5.21. The van der Waals surface area contributed by atoms with E-state index < -0.39 is 0 Å². The molecule has 0 aliphatic rings. The summed E-state index contributed by atoms with van der Waals surface area (Å²) in [4.78, 5) is 1.28. The number of benzene rings is 1. The molecule has 2 heterocycles. The van der Waals surface area contributed by atoms with Crippen molar-refractivity contribution in [1.29, 1.82) is 0 Å². The molecule has 20 heavy (non-hydrogen) atoms. The number of rotatable bonds is 4. The molecule has 0 aliphatic carbocycles. The smallest absolute Gasteiger partial charge is 0.247 e. The van der Waals surface area contributed by atoms with Gasteiger partial charge in [0.25, 0.3) is 0 Å². The van der Waals surface area contributed by atoms with Crippen LogP contribution in [0.4, 0.5) is 5.69 Å². The average Bonchev–Trinajstić information content (AvgIpc) is 3.10. The van der Waals surface area contributed by atoms with Gasteiger partial charge in [-0.2, -0.15) is 0 Å². The molecule has 1 atom stereocenters. The van der Waals surface area contributed by atoms with Crippen LogP contribution in [0.1, 0.15) is 17.8 Å². The van der Waals surface area contributed by atoms with Crippen molar-refractivity contribution in [3.8, 4) is 11.5 Å². The Hall–Kier alpha value is -1.66. The molecule has 0 saturated heterocycles. The lowest BCUT2D eigenvalue weighted by molar-refractivity contribution is 0.568. The van der Waals surface area contributed by atoms with Crippen LogP contribution in [-0.2, 0) is 0 Å². The number of nitrogens with one attached hydrogen (secondary N) is 1. The molecule has 0 spiro atoms. The standard InChI is InChI=1S/C14H12BrN3OS/c1-9(13-6-11(15)7-20-13)17-12-4-2-3-10(5-12)14-18-16-8-19-14/h2-9,17H,1H3. The number of anilines is 1. The molecule has 4 nitrogen and oxygen atoms in total. The van der Waals surface area contributed by atoms with E-state index in [1.165, 1.54) is 11.3 Å². The van der Waals surface area contributed by atoms with Gasteiger partial charge in [0.1, 0.15) is 0 Å². The summed E-state index contributed by atoms with van der Waals surface area (Å²) in [6.07, 6.45) is 1.33. The van der Waals surface area contributed by atoms with Gasteiger partial charge < -0.3 is 9.73 Å². The third-order valence-electron chi connectivity index (χ3n) is 2.87. The SMILES string of the molecule is CC(Nc1cccc(-c2nnco2)c1)c1cc(Br)cs1. The largest absolute Gasteiger partial charge is 0.423 e. The Morgan fingerprint density at radius 3 is 2.95 bits per heavy atom. The van der Waals surface area contributed by atoms with Gasteiger partial charge in [-0.05, 0) is 47.1 Å². The summed E-state index contributed by atoms with van der Waals surface area (Å²) < 4.78 is 6.33. The molecular weight excluding hydrogens is 338 g/mol. The second-order valence-corrected chi connectivity index (χ2v) is 6.22. The predicted molar refractivity (Wildman–Crippen MR) is 83.8 cm³/mol. The minimum Gasteiger partial charge on any atom is -0.423 e. The topological polar surface area (TPSA) is 51.0 Å². The number of hydrogen-bond acceptors (Lipinski definition) is 5. The minimum absolute atomic E-state index is 0.240. The van der Waals surface area contributed by atoms with Gasteiger partial charge in [0.2, 0.25) is 12.3 Å². The molecule has 6 heteroatoms. The van der Waals surface area contributed by atoms with Crippen LogP contribution in [0.5, 0.6) is 0 Å². The first-order valence-corrected chi connectivity index (χ1v) is 7.77. The van der Waals surface area contributed by atoms with Crippen molar-refractivity contribution in [2.24, 2.45) is 0 Å². The van der Waals surface area contributed by atoms with E-state index in [0.29, 0.717) is 5.89 Å². The number of halogens is 1. The van der Waals surface area contributed by atoms with Crippen LogP contribution in [0.25, 0.3) is 11.5 Å². The van der Waals surface area contributed by atoms with Gasteiger partial charge in [-0.15, -0.1) is 21.5 Å². The molecule has 1 N–H and O–H groups in total. The fourth-order valence-electron chi connectivity index (χ4n) is 1.92. The van der Waals surface area contributed by atoms with Crippen LogP contribution in [0, 0.1) is 0 Å². The molecule has 3 rings (SSSR count). The van der Waals surface area contributed by atoms with E-state index in [-0.39, 0.29) is 6.04 Å². The third-order valence-corrected chi connectivity index (χ3v) is 4.74. The number of nitrogens with zero attached hydrogens (tertiary/aromatic N) is 2. The molecule has 2 aromatic heterocycles. The first-order valence-electron chi connectivity index (χ1n) is 6.09. The third kappa shape index (κ3) is 2.91. The number of hydrogen-bond donors (Lipinski definition) is 1. The highest BCUT2D eigenvalue weighted by molar-refractivity contribution is 9.10. The van der Waals surface area contributed by atoms with E-state index in [1.807, 2.05) is 24.3 Å². The lowest BCUT2D eigenvalue weighted by atomic mass is 10.2. The van der Waals surface area contributed by atoms with Crippen LogP contribution < -0.4 is 5.32 Å². The van der Waals surface area contributed by atoms with Crippen LogP contribution >= 0.6 is 27.3 Å². The van der Waals surface area contributed by atoms with E-state index in [0.717, 1.165) is 15.7 Å². The van der Waals surface area contributed by atoms with E-state index in [1.54, 1.807) is 11.3 Å². The van der Waals surface area contributed by atoms with Crippen molar-refractivity contribution in [2.45, 2.75) is 13.0 Å². The maximum Gasteiger partial charge on any atom is 0.247 e. The van der Waals surface area contributed by atoms with Crippen LogP contribution in [0.3, 0.4) is 0 Å². The summed E-state index contributed by atoms with van der Waals surface area (Å²) in [5.74, 6) is 0.528. The second-order valence-electron chi connectivity index (χ2n) is 4.36. The fraction of sp³-hybridized carbons (Fsp3) is 0.143. The Kier molecular flexibility index (Phi) is 3.84. The lowest BCUT2D eigenvalue weighted by Crippen LogP contribution is -2.04. The lowest BCUT2D eigenvalue weighted by Gasteiger charge is -2.14. The van der Waals surface area contributed by atoms with Crippen LogP contribution in [-0.4, -0.2) is 10.2 Å². The zero-order chi connectivity index (χ0) is 13.9. The van der Waals surface area contributed by atoms with Gasteiger partial charge in [-0.1, -0.05) is 6.07 Å². The summed E-state index contributed by atoms with van der Waals surface area (Å²) in [6, 6.07) is 10.3. The van der Waals surface area contributed by atoms with Gasteiger partial charge in [0.05, 0.1) is 6.04 Å². The first-order chi connectivity index (χ1) is 9.72. The molecule has 102 valence electrons. The van der Waals surface area contributed by atoms with Crippen molar-refractivity contribution in [3.05, 3.63) is 51.5 Å². The molecule has 0 amide bonds. The molecule has 0 fully saturated rings. The van der Waals surface area contributed by atoms with Crippen molar-refractivity contribution in [1.82, 2.24) is 10.2 Å². The molecule has 1 unspecified atom stereocenters. The quantitative estimate of drug-likeness (QED) is 0.739. The van der Waals surface area contributed by atoms with Gasteiger partial charge in [0.15, 0.2) is 0 Å². The van der Waals surface area contributed by atoms with Crippen molar-refractivity contribution in [3.63, 3.8) is 0 Å². The number of aromatic nitrogens is 2. The van der Waals surface area contributed by atoms with E-state index >= 15 is 0 Å². The fourth-order valence-corrected chi connectivity index (χ4v) is 3.37. The van der Waals surface area contributed by atoms with Crippen molar-refractivity contribution < 1.29 is 4.42 Å². The van der Waals surface area contributed by atoms with Gasteiger partial charge >= 0.3 is 0 Å². The Morgan fingerprint density at radius 2 is 2.25 bits per heavy atom. The molecule has 0 aliphatic heterocycles. The molecular formula is C14H12BrN3OS. The van der Waals surface area contributed by atoms with Gasteiger partial charge in [-0.25, -0.2) is 0 Å². The molecule has 3 aromatic rings.